The first kappa shape index (κ1) is 12.2. The molecule has 1 fully saturated rings. The van der Waals surface area contributed by atoms with E-state index in [1.54, 1.807) is 0 Å². The van der Waals surface area contributed by atoms with Crippen molar-refractivity contribution >= 4 is 28.7 Å². The molecule has 1 aliphatic carbocycles. The average Bonchev–Trinajstić information content (AvgIpc) is 2.32. The van der Waals surface area contributed by atoms with E-state index < -0.39 is 0 Å². The molecule has 0 spiro atoms. The number of anilines is 2. The van der Waals surface area contributed by atoms with E-state index in [1.165, 1.54) is 32.1 Å². The Morgan fingerprint density at radius 1 is 1.12 bits per heavy atom. The second-order valence-corrected chi connectivity index (χ2v) is 4.95. The van der Waals surface area contributed by atoms with Crippen LogP contribution in [0.1, 0.15) is 32.1 Å². The fourth-order valence-corrected chi connectivity index (χ4v) is 2.43. The highest BCUT2D eigenvalue weighted by molar-refractivity contribution is 7.80. The highest BCUT2D eigenvalue weighted by Gasteiger charge is 2.14. The summed E-state index contributed by atoms with van der Waals surface area (Å²) in [6.07, 6.45) is 6.51. The molecule has 0 atom stereocenters. The molecule has 0 unspecified atom stereocenters. The van der Waals surface area contributed by atoms with Crippen LogP contribution in [-0.2, 0) is 0 Å². The molecular weight excluding hydrogens is 230 g/mol. The number of thiocarbonyl (C=S) groups is 1. The molecule has 17 heavy (non-hydrogen) atoms. The molecule has 0 amide bonds. The lowest BCUT2D eigenvalue weighted by molar-refractivity contribution is 0.463. The van der Waals surface area contributed by atoms with E-state index in [4.69, 9.17) is 18.0 Å². The molecule has 2 rings (SSSR count). The molecule has 4 heteroatoms. The molecule has 1 aliphatic rings. The minimum Gasteiger partial charge on any atom is -0.381 e. The number of para-hydroxylation sites is 2. The molecule has 0 radical (unpaired) electrons. The van der Waals surface area contributed by atoms with Crippen LogP contribution < -0.4 is 16.4 Å². The van der Waals surface area contributed by atoms with Crippen molar-refractivity contribution in [3.8, 4) is 0 Å². The highest BCUT2D eigenvalue weighted by Crippen LogP contribution is 2.26. The zero-order valence-electron chi connectivity index (χ0n) is 9.91. The molecule has 0 saturated heterocycles. The summed E-state index contributed by atoms with van der Waals surface area (Å²) < 4.78 is 0. The summed E-state index contributed by atoms with van der Waals surface area (Å²) in [5.41, 5.74) is 7.57. The Bertz CT molecular complexity index is 386. The SMILES string of the molecule is NC(=S)Nc1ccccc1NC1CCCCC1. The quantitative estimate of drug-likeness (QED) is 0.721. The fourth-order valence-electron chi connectivity index (χ4n) is 2.32. The van der Waals surface area contributed by atoms with Crippen LogP contribution in [0, 0.1) is 0 Å². The topological polar surface area (TPSA) is 50.1 Å². The van der Waals surface area contributed by atoms with E-state index in [0.29, 0.717) is 11.2 Å². The minimum absolute atomic E-state index is 0.308. The number of benzene rings is 1. The first-order chi connectivity index (χ1) is 8.25. The Morgan fingerprint density at radius 3 is 2.41 bits per heavy atom. The molecular formula is C13H19N3S. The van der Waals surface area contributed by atoms with Crippen LogP contribution in [0.25, 0.3) is 0 Å². The van der Waals surface area contributed by atoms with Gasteiger partial charge in [0.2, 0.25) is 0 Å². The molecule has 0 aliphatic heterocycles. The van der Waals surface area contributed by atoms with Gasteiger partial charge in [0, 0.05) is 6.04 Å². The first-order valence-corrected chi connectivity index (χ1v) is 6.58. The zero-order chi connectivity index (χ0) is 12.1. The summed E-state index contributed by atoms with van der Waals surface area (Å²) in [4.78, 5) is 0. The lowest BCUT2D eigenvalue weighted by Gasteiger charge is -2.25. The third-order valence-corrected chi connectivity index (χ3v) is 3.25. The molecule has 1 aromatic carbocycles. The largest absolute Gasteiger partial charge is 0.381 e. The van der Waals surface area contributed by atoms with Crippen LogP contribution in [0.5, 0.6) is 0 Å². The van der Waals surface area contributed by atoms with Crippen LogP contribution >= 0.6 is 12.2 Å². The van der Waals surface area contributed by atoms with E-state index in [-0.39, 0.29) is 0 Å². The molecule has 1 aromatic rings. The molecule has 1 saturated carbocycles. The number of nitrogens with two attached hydrogens (primary N) is 1. The van der Waals surface area contributed by atoms with Crippen LogP contribution in [0.4, 0.5) is 11.4 Å². The van der Waals surface area contributed by atoms with Crippen LogP contribution in [0.3, 0.4) is 0 Å². The number of rotatable bonds is 3. The van der Waals surface area contributed by atoms with Gasteiger partial charge in [0.05, 0.1) is 11.4 Å². The van der Waals surface area contributed by atoms with Crippen molar-refractivity contribution in [2.24, 2.45) is 5.73 Å². The Morgan fingerprint density at radius 2 is 1.76 bits per heavy atom. The molecule has 0 bridgehead atoms. The number of hydrogen-bond donors (Lipinski definition) is 3. The van der Waals surface area contributed by atoms with Gasteiger partial charge in [-0.25, -0.2) is 0 Å². The summed E-state index contributed by atoms with van der Waals surface area (Å²) in [6, 6.07) is 8.64. The second-order valence-electron chi connectivity index (χ2n) is 4.51. The summed E-state index contributed by atoms with van der Waals surface area (Å²) in [5, 5.41) is 6.90. The van der Waals surface area contributed by atoms with Gasteiger partial charge in [-0.1, -0.05) is 31.4 Å². The van der Waals surface area contributed by atoms with Crippen molar-refractivity contribution in [2.45, 2.75) is 38.1 Å². The van der Waals surface area contributed by atoms with Crippen molar-refractivity contribution < 1.29 is 0 Å². The van der Waals surface area contributed by atoms with Crippen LogP contribution in [0.15, 0.2) is 24.3 Å². The van der Waals surface area contributed by atoms with Crippen LogP contribution in [0.2, 0.25) is 0 Å². The standard InChI is InChI=1S/C13H19N3S/c14-13(17)16-12-9-5-4-8-11(12)15-10-6-2-1-3-7-10/h4-5,8-10,15H,1-3,6-7H2,(H3,14,16,17). The Kier molecular flexibility index (Phi) is 4.20. The van der Waals surface area contributed by atoms with Gasteiger partial charge in [-0.05, 0) is 37.2 Å². The van der Waals surface area contributed by atoms with E-state index in [9.17, 15) is 0 Å². The lowest BCUT2D eigenvalue weighted by atomic mass is 9.95. The smallest absolute Gasteiger partial charge is 0.168 e. The lowest BCUT2D eigenvalue weighted by Crippen LogP contribution is -2.24. The van der Waals surface area contributed by atoms with Gasteiger partial charge in [-0.3, -0.25) is 0 Å². The summed E-state index contributed by atoms with van der Waals surface area (Å²) in [6.45, 7) is 0. The Labute approximate surface area is 108 Å². The van der Waals surface area contributed by atoms with E-state index in [0.717, 1.165) is 11.4 Å². The first-order valence-electron chi connectivity index (χ1n) is 6.18. The van der Waals surface area contributed by atoms with Gasteiger partial charge in [-0.2, -0.15) is 0 Å². The zero-order valence-corrected chi connectivity index (χ0v) is 10.7. The van der Waals surface area contributed by atoms with Gasteiger partial charge in [0.25, 0.3) is 0 Å². The maximum atomic E-state index is 5.52. The number of nitrogens with one attached hydrogen (secondary N) is 2. The summed E-state index contributed by atoms with van der Waals surface area (Å²) in [7, 11) is 0. The predicted octanol–water partition coefficient (Wildman–Crippen LogP) is 3.09. The maximum Gasteiger partial charge on any atom is 0.168 e. The molecule has 0 heterocycles. The van der Waals surface area contributed by atoms with E-state index in [2.05, 4.69) is 16.7 Å². The van der Waals surface area contributed by atoms with E-state index in [1.807, 2.05) is 18.2 Å². The fraction of sp³-hybridized carbons (Fsp3) is 0.462. The third kappa shape index (κ3) is 3.60. The average molecular weight is 249 g/mol. The van der Waals surface area contributed by atoms with Gasteiger partial charge in [0.1, 0.15) is 0 Å². The Hall–Kier alpha value is -1.29. The molecule has 3 nitrogen and oxygen atoms in total. The van der Waals surface area contributed by atoms with Crippen molar-refractivity contribution in [2.75, 3.05) is 10.6 Å². The third-order valence-electron chi connectivity index (χ3n) is 3.15. The van der Waals surface area contributed by atoms with Gasteiger partial charge >= 0.3 is 0 Å². The highest BCUT2D eigenvalue weighted by atomic mass is 32.1. The van der Waals surface area contributed by atoms with E-state index >= 15 is 0 Å². The monoisotopic (exact) mass is 249 g/mol. The second kappa shape index (κ2) is 5.87. The van der Waals surface area contributed by atoms with Crippen molar-refractivity contribution in [1.29, 1.82) is 0 Å². The summed E-state index contributed by atoms with van der Waals surface area (Å²) in [5.74, 6) is 0. The van der Waals surface area contributed by atoms with Crippen LogP contribution in [-0.4, -0.2) is 11.2 Å². The predicted molar refractivity (Wildman–Crippen MR) is 77.3 cm³/mol. The molecule has 4 N–H and O–H groups in total. The minimum atomic E-state index is 0.308. The van der Waals surface area contributed by atoms with Gasteiger partial charge in [-0.15, -0.1) is 0 Å². The van der Waals surface area contributed by atoms with Crippen molar-refractivity contribution in [1.82, 2.24) is 0 Å². The normalized spacial score (nSPS) is 16.5. The van der Waals surface area contributed by atoms with Crippen molar-refractivity contribution in [3.63, 3.8) is 0 Å². The molecule has 0 aromatic heterocycles. The van der Waals surface area contributed by atoms with Gasteiger partial charge in [0.15, 0.2) is 5.11 Å². The number of hydrogen-bond acceptors (Lipinski definition) is 2. The summed E-state index contributed by atoms with van der Waals surface area (Å²) >= 11 is 4.88. The Balaban J connectivity index is 2.05. The van der Waals surface area contributed by atoms with Crippen molar-refractivity contribution in [3.05, 3.63) is 24.3 Å². The van der Waals surface area contributed by atoms with Gasteiger partial charge < -0.3 is 16.4 Å². The maximum absolute atomic E-state index is 5.52. The molecule has 92 valence electrons.